The average Bonchev–Trinajstić information content (AvgIpc) is 2.99. The molecule has 130 valence electrons. The average molecular weight is 397 g/mol. The van der Waals surface area contributed by atoms with E-state index in [4.69, 9.17) is 5.73 Å². The van der Waals surface area contributed by atoms with Crippen LogP contribution in [0.2, 0.25) is 0 Å². The summed E-state index contributed by atoms with van der Waals surface area (Å²) in [6.07, 6.45) is 3.96. The van der Waals surface area contributed by atoms with Gasteiger partial charge < -0.3 is 16.0 Å². The summed E-state index contributed by atoms with van der Waals surface area (Å²) in [5.41, 5.74) is 5.89. The van der Waals surface area contributed by atoms with Crippen LogP contribution in [-0.4, -0.2) is 37.1 Å². The number of carbonyl (C=O) groups excluding carboxylic acids is 1. The maximum atomic E-state index is 12.3. The van der Waals surface area contributed by atoms with Gasteiger partial charge in [0.2, 0.25) is 0 Å². The van der Waals surface area contributed by atoms with Crippen LogP contribution in [0.4, 0.5) is 5.13 Å². The Morgan fingerprint density at radius 3 is 2.48 bits per heavy atom. The van der Waals surface area contributed by atoms with E-state index in [9.17, 15) is 4.79 Å². The third-order valence-corrected chi connectivity index (χ3v) is 6.12. The molecule has 0 radical (unpaired) electrons. The van der Waals surface area contributed by atoms with Gasteiger partial charge >= 0.3 is 0 Å². The highest BCUT2D eigenvalue weighted by Gasteiger charge is 2.22. The molecule has 2 heterocycles. The van der Waals surface area contributed by atoms with E-state index in [1.54, 1.807) is 11.3 Å². The van der Waals surface area contributed by atoms with Crippen molar-refractivity contribution < 1.29 is 4.79 Å². The normalized spacial score (nSPS) is 20.5. The van der Waals surface area contributed by atoms with Crippen molar-refractivity contribution in [2.75, 3.05) is 19.0 Å². The van der Waals surface area contributed by atoms with Gasteiger partial charge in [0.1, 0.15) is 4.83 Å². The van der Waals surface area contributed by atoms with Crippen molar-refractivity contribution >= 4 is 68.1 Å². The van der Waals surface area contributed by atoms with E-state index in [0.717, 1.165) is 45.2 Å². The number of nitrogens with two attached hydrogens (primary N) is 1. The summed E-state index contributed by atoms with van der Waals surface area (Å²) >= 11 is 3.09. The first-order chi connectivity index (χ1) is 10.0. The van der Waals surface area contributed by atoms with Crippen LogP contribution < -0.4 is 16.0 Å². The lowest BCUT2D eigenvalue weighted by Crippen LogP contribution is -2.40. The number of hydrogen-bond donors (Lipinski definition) is 2. The Morgan fingerprint density at radius 2 is 1.91 bits per heavy atom. The zero-order chi connectivity index (χ0) is 15.0. The van der Waals surface area contributed by atoms with Crippen molar-refractivity contribution in [1.29, 1.82) is 0 Å². The summed E-state index contributed by atoms with van der Waals surface area (Å²) in [7, 11) is 3.95. The third kappa shape index (κ3) is 4.70. The summed E-state index contributed by atoms with van der Waals surface area (Å²) in [5, 5.41) is 4.10. The monoisotopic (exact) mass is 396 g/mol. The molecule has 1 aliphatic carbocycles. The zero-order valence-corrected chi connectivity index (χ0v) is 16.3. The van der Waals surface area contributed by atoms with Crippen molar-refractivity contribution in [2.45, 2.75) is 37.8 Å². The molecule has 0 spiro atoms. The highest BCUT2D eigenvalue weighted by atomic mass is 35.5. The lowest BCUT2D eigenvalue weighted by atomic mass is 9.92. The number of halogens is 2. The molecule has 1 fully saturated rings. The van der Waals surface area contributed by atoms with E-state index in [1.807, 2.05) is 25.1 Å². The number of anilines is 1. The number of hydrogen-bond acceptors (Lipinski definition) is 6. The zero-order valence-electron chi connectivity index (χ0n) is 13.1. The Morgan fingerprint density at radius 1 is 1.26 bits per heavy atom. The van der Waals surface area contributed by atoms with Crippen LogP contribution in [0.1, 0.15) is 35.4 Å². The second kappa shape index (κ2) is 8.48. The number of carbonyl (C=O) groups is 1. The van der Waals surface area contributed by atoms with Gasteiger partial charge in [0.25, 0.3) is 5.91 Å². The van der Waals surface area contributed by atoms with Crippen LogP contribution in [0.5, 0.6) is 0 Å². The molecular weight excluding hydrogens is 375 g/mol. The number of aromatic nitrogens is 1. The fourth-order valence-corrected chi connectivity index (χ4v) is 4.58. The molecule has 1 aliphatic rings. The minimum Gasteiger partial charge on any atom is -0.354 e. The van der Waals surface area contributed by atoms with E-state index in [1.165, 1.54) is 11.3 Å². The summed E-state index contributed by atoms with van der Waals surface area (Å²) in [4.78, 5) is 20.5. The number of nitrogens with zero attached hydrogens (tertiary/aromatic N) is 2. The number of rotatable bonds is 3. The van der Waals surface area contributed by atoms with E-state index >= 15 is 0 Å². The molecule has 0 atom stereocenters. The molecule has 1 saturated carbocycles. The van der Waals surface area contributed by atoms with Gasteiger partial charge in [-0.05, 0) is 31.7 Å². The number of nitrogens with one attached hydrogen (secondary N) is 1. The first-order valence-electron chi connectivity index (χ1n) is 7.17. The molecule has 1 amide bonds. The minimum atomic E-state index is 0. The first kappa shape index (κ1) is 20.4. The molecule has 2 aromatic heterocycles. The number of thiazole rings is 1. The number of fused-ring (bicyclic) bond motifs is 1. The van der Waals surface area contributed by atoms with Gasteiger partial charge in [-0.15, -0.1) is 36.2 Å². The van der Waals surface area contributed by atoms with Crippen LogP contribution in [0.25, 0.3) is 9.53 Å². The predicted molar refractivity (Wildman–Crippen MR) is 104 cm³/mol. The quantitative estimate of drug-likeness (QED) is 0.834. The van der Waals surface area contributed by atoms with E-state index in [0.29, 0.717) is 6.04 Å². The summed E-state index contributed by atoms with van der Waals surface area (Å²) in [5.74, 6) is 0.0251. The molecular formula is C14H22Cl2N4OS2. The second-order valence-electron chi connectivity index (χ2n) is 5.76. The van der Waals surface area contributed by atoms with Crippen molar-refractivity contribution in [2.24, 2.45) is 5.73 Å². The molecule has 2 aromatic rings. The highest BCUT2D eigenvalue weighted by molar-refractivity contribution is 7.29. The Bertz CT molecular complexity index is 619. The van der Waals surface area contributed by atoms with Gasteiger partial charge in [-0.3, -0.25) is 4.79 Å². The SMILES string of the molecule is CN(C)c1nc2sc(C(=O)NC3CCC(N)CC3)cc2s1.Cl.Cl. The van der Waals surface area contributed by atoms with Gasteiger partial charge in [0.05, 0.1) is 9.58 Å². The molecule has 0 aromatic carbocycles. The smallest absolute Gasteiger partial charge is 0.261 e. The van der Waals surface area contributed by atoms with E-state index < -0.39 is 0 Å². The van der Waals surface area contributed by atoms with Crippen LogP contribution in [0, 0.1) is 0 Å². The lowest BCUT2D eigenvalue weighted by Gasteiger charge is -2.26. The maximum absolute atomic E-state index is 12.3. The Kier molecular flexibility index (Phi) is 7.54. The molecule has 0 aliphatic heterocycles. The minimum absolute atomic E-state index is 0. The lowest BCUT2D eigenvalue weighted by molar-refractivity contribution is 0.0930. The van der Waals surface area contributed by atoms with Gasteiger partial charge in [-0.25, -0.2) is 4.98 Å². The predicted octanol–water partition coefficient (Wildman–Crippen LogP) is 3.27. The van der Waals surface area contributed by atoms with Gasteiger partial charge in [-0.1, -0.05) is 11.3 Å². The molecule has 3 rings (SSSR count). The Hall–Kier alpha value is -0.600. The Balaban J connectivity index is 0.00000132. The number of amides is 1. The molecule has 3 N–H and O–H groups in total. The highest BCUT2D eigenvalue weighted by Crippen LogP contribution is 2.34. The maximum Gasteiger partial charge on any atom is 0.261 e. The first-order valence-corrected chi connectivity index (χ1v) is 8.80. The fourth-order valence-electron chi connectivity index (χ4n) is 2.55. The van der Waals surface area contributed by atoms with Crippen molar-refractivity contribution in [3.8, 4) is 0 Å². The van der Waals surface area contributed by atoms with Crippen LogP contribution in [0.3, 0.4) is 0 Å². The third-order valence-electron chi connectivity index (χ3n) is 3.79. The fraction of sp³-hybridized carbons (Fsp3) is 0.571. The molecule has 0 unspecified atom stereocenters. The van der Waals surface area contributed by atoms with Crippen molar-refractivity contribution in [3.05, 3.63) is 10.9 Å². The summed E-state index contributed by atoms with van der Waals surface area (Å²) in [6.45, 7) is 0. The Labute approximate surface area is 156 Å². The van der Waals surface area contributed by atoms with Gasteiger partial charge in [0, 0.05) is 26.2 Å². The van der Waals surface area contributed by atoms with Crippen LogP contribution >= 0.6 is 47.5 Å². The van der Waals surface area contributed by atoms with E-state index in [-0.39, 0.29) is 36.8 Å². The van der Waals surface area contributed by atoms with Crippen LogP contribution in [-0.2, 0) is 0 Å². The molecule has 0 saturated heterocycles. The van der Waals surface area contributed by atoms with Crippen LogP contribution in [0.15, 0.2) is 6.07 Å². The largest absolute Gasteiger partial charge is 0.354 e. The molecule has 0 bridgehead atoms. The summed E-state index contributed by atoms with van der Waals surface area (Å²) in [6, 6.07) is 2.52. The number of thiophene rings is 1. The summed E-state index contributed by atoms with van der Waals surface area (Å²) < 4.78 is 1.08. The second-order valence-corrected chi connectivity index (χ2v) is 7.80. The molecule has 23 heavy (non-hydrogen) atoms. The van der Waals surface area contributed by atoms with Gasteiger partial charge in [-0.2, -0.15) is 0 Å². The van der Waals surface area contributed by atoms with Crippen molar-refractivity contribution in [3.63, 3.8) is 0 Å². The standard InChI is InChI=1S/C14H20N4OS2.2ClH/c1-18(2)14-17-13-11(21-14)7-10(20-13)12(19)16-9-5-3-8(15)4-6-9;;/h7-9H,3-6,15H2,1-2H3,(H,16,19);2*1H. The molecule has 9 heteroatoms. The van der Waals surface area contributed by atoms with E-state index in [2.05, 4.69) is 10.3 Å². The topological polar surface area (TPSA) is 71.2 Å². The van der Waals surface area contributed by atoms with Gasteiger partial charge in [0.15, 0.2) is 5.13 Å². The van der Waals surface area contributed by atoms with Crippen molar-refractivity contribution in [1.82, 2.24) is 10.3 Å². The molecule has 5 nitrogen and oxygen atoms in total.